The van der Waals surface area contributed by atoms with Crippen LogP contribution >= 0.6 is 0 Å². The average Bonchev–Trinajstić information content (AvgIpc) is 2.73. The van der Waals surface area contributed by atoms with Crippen LogP contribution in [-0.2, 0) is 14.4 Å². The van der Waals surface area contributed by atoms with Gasteiger partial charge in [0, 0.05) is 19.5 Å². The van der Waals surface area contributed by atoms with E-state index in [1.165, 1.54) is 4.90 Å². The van der Waals surface area contributed by atoms with Crippen LogP contribution in [0.15, 0.2) is 0 Å². The highest BCUT2D eigenvalue weighted by molar-refractivity contribution is 5.88. The number of rotatable bonds is 6. The van der Waals surface area contributed by atoms with Gasteiger partial charge in [0.2, 0.25) is 11.8 Å². The molecule has 1 rings (SSSR count). The maximum absolute atomic E-state index is 11.7. The first-order chi connectivity index (χ1) is 8.08. The van der Waals surface area contributed by atoms with Gasteiger partial charge in [-0.1, -0.05) is 6.92 Å². The van der Waals surface area contributed by atoms with E-state index in [-0.39, 0.29) is 36.6 Å². The number of amides is 2. The molecule has 0 saturated carbocycles. The Morgan fingerprint density at radius 3 is 2.71 bits per heavy atom. The molecule has 1 unspecified atom stereocenters. The lowest BCUT2D eigenvalue weighted by Crippen LogP contribution is -2.41. The third kappa shape index (κ3) is 3.81. The molecule has 2 amide bonds. The second-order valence-corrected chi connectivity index (χ2v) is 4.15. The third-order valence-electron chi connectivity index (χ3n) is 2.85. The molecule has 1 atom stereocenters. The molecule has 6 nitrogen and oxygen atoms in total. The smallest absolute Gasteiger partial charge is 0.224 e. The van der Waals surface area contributed by atoms with Gasteiger partial charge in [0.1, 0.15) is 0 Å². The minimum absolute atomic E-state index is 0.00690. The summed E-state index contributed by atoms with van der Waals surface area (Å²) in [4.78, 5) is 35.8. The minimum atomic E-state index is -0.198. The van der Waals surface area contributed by atoms with Crippen molar-refractivity contribution in [3.8, 4) is 0 Å². The predicted molar refractivity (Wildman–Crippen MR) is 62.0 cm³/mol. The zero-order chi connectivity index (χ0) is 12.8. The Labute approximate surface area is 101 Å². The van der Waals surface area contributed by atoms with E-state index in [0.29, 0.717) is 25.9 Å². The highest BCUT2D eigenvalue weighted by Crippen LogP contribution is 2.12. The van der Waals surface area contributed by atoms with Gasteiger partial charge in [-0.05, 0) is 6.42 Å². The molecule has 17 heavy (non-hydrogen) atoms. The average molecular weight is 241 g/mol. The number of hydrogen-bond acceptors (Lipinski definition) is 4. The Hall–Kier alpha value is -1.43. The van der Waals surface area contributed by atoms with Crippen LogP contribution in [0.5, 0.6) is 0 Å². The number of nitrogens with zero attached hydrogens (tertiary/aromatic N) is 1. The second-order valence-electron chi connectivity index (χ2n) is 4.15. The van der Waals surface area contributed by atoms with E-state index in [1.54, 1.807) is 6.92 Å². The molecule has 1 saturated heterocycles. The van der Waals surface area contributed by atoms with Crippen molar-refractivity contribution in [2.24, 2.45) is 11.7 Å². The van der Waals surface area contributed by atoms with Crippen LogP contribution in [0.1, 0.15) is 19.8 Å². The second kappa shape index (κ2) is 6.34. The van der Waals surface area contributed by atoms with E-state index < -0.39 is 0 Å². The first kappa shape index (κ1) is 13.6. The Morgan fingerprint density at radius 2 is 2.24 bits per heavy atom. The lowest BCUT2D eigenvalue weighted by Gasteiger charge is -2.23. The molecule has 0 aromatic carbocycles. The first-order valence-corrected chi connectivity index (χ1v) is 5.85. The van der Waals surface area contributed by atoms with Crippen LogP contribution in [-0.4, -0.2) is 48.7 Å². The van der Waals surface area contributed by atoms with Gasteiger partial charge < -0.3 is 16.0 Å². The van der Waals surface area contributed by atoms with Crippen LogP contribution in [0, 0.1) is 5.92 Å². The summed E-state index contributed by atoms with van der Waals surface area (Å²) in [5.74, 6) is -0.549. The Bertz CT molecular complexity index is 317. The van der Waals surface area contributed by atoms with Crippen LogP contribution in [0.25, 0.3) is 0 Å². The predicted octanol–water partition coefficient (Wildman–Crippen LogP) is -1.11. The first-order valence-electron chi connectivity index (χ1n) is 5.85. The zero-order valence-corrected chi connectivity index (χ0v) is 10.1. The molecule has 1 heterocycles. The summed E-state index contributed by atoms with van der Waals surface area (Å²) in [7, 11) is 0. The largest absolute Gasteiger partial charge is 0.356 e. The molecular weight excluding hydrogens is 222 g/mol. The van der Waals surface area contributed by atoms with Gasteiger partial charge in [-0.15, -0.1) is 0 Å². The Kier molecular flexibility index (Phi) is 5.09. The summed E-state index contributed by atoms with van der Waals surface area (Å²) in [5, 5.41) is 2.71. The van der Waals surface area contributed by atoms with E-state index in [2.05, 4.69) is 5.32 Å². The van der Waals surface area contributed by atoms with Gasteiger partial charge in [0.05, 0.1) is 19.0 Å². The maximum atomic E-state index is 11.7. The van der Waals surface area contributed by atoms with E-state index in [0.717, 1.165) is 0 Å². The van der Waals surface area contributed by atoms with Crippen molar-refractivity contribution < 1.29 is 14.4 Å². The van der Waals surface area contributed by atoms with Gasteiger partial charge in [-0.2, -0.15) is 0 Å². The Balaban J connectivity index is 2.59. The Morgan fingerprint density at radius 1 is 1.53 bits per heavy atom. The number of hydrogen-bond donors (Lipinski definition) is 2. The summed E-state index contributed by atoms with van der Waals surface area (Å²) in [5.41, 5.74) is 5.23. The van der Waals surface area contributed by atoms with Crippen LogP contribution < -0.4 is 11.1 Å². The third-order valence-corrected chi connectivity index (χ3v) is 2.85. The fraction of sp³-hybridized carbons (Fsp3) is 0.727. The van der Waals surface area contributed by atoms with E-state index in [9.17, 15) is 14.4 Å². The zero-order valence-electron chi connectivity index (χ0n) is 10.1. The van der Waals surface area contributed by atoms with Gasteiger partial charge in [0.15, 0.2) is 5.78 Å². The number of nitrogens with one attached hydrogen (secondary N) is 1. The molecule has 0 spiro atoms. The number of Topliss-reactive ketones (excluding diaryl/α,β-unsaturated/α-hetero) is 1. The topological polar surface area (TPSA) is 92.5 Å². The number of ketones is 1. The standard InChI is InChI=1S/C11H19N3O3/c1-2-10(16)14(7-9(15)5-12)6-8-3-4-13-11(8)17/h8H,2-7,12H2,1H3,(H,13,17). The molecule has 0 aliphatic carbocycles. The fourth-order valence-corrected chi connectivity index (χ4v) is 1.84. The van der Waals surface area contributed by atoms with Crippen molar-refractivity contribution in [2.75, 3.05) is 26.2 Å². The minimum Gasteiger partial charge on any atom is -0.356 e. The van der Waals surface area contributed by atoms with Crippen molar-refractivity contribution in [3.05, 3.63) is 0 Å². The molecule has 0 radical (unpaired) electrons. The fourth-order valence-electron chi connectivity index (χ4n) is 1.84. The molecule has 0 aromatic heterocycles. The summed E-state index contributed by atoms with van der Waals surface area (Å²) in [6.45, 7) is 2.61. The molecule has 1 fully saturated rings. The van der Waals surface area contributed by atoms with Crippen molar-refractivity contribution in [1.82, 2.24) is 10.2 Å². The van der Waals surface area contributed by atoms with Crippen molar-refractivity contribution in [1.29, 1.82) is 0 Å². The van der Waals surface area contributed by atoms with E-state index in [4.69, 9.17) is 5.73 Å². The maximum Gasteiger partial charge on any atom is 0.224 e. The van der Waals surface area contributed by atoms with Gasteiger partial charge in [0.25, 0.3) is 0 Å². The van der Waals surface area contributed by atoms with Crippen molar-refractivity contribution in [2.45, 2.75) is 19.8 Å². The molecule has 0 bridgehead atoms. The van der Waals surface area contributed by atoms with Crippen LogP contribution in [0.3, 0.4) is 0 Å². The van der Waals surface area contributed by atoms with Gasteiger partial charge in [-0.25, -0.2) is 0 Å². The molecule has 3 N–H and O–H groups in total. The molecule has 6 heteroatoms. The van der Waals surface area contributed by atoms with Crippen molar-refractivity contribution >= 4 is 17.6 Å². The van der Waals surface area contributed by atoms with Crippen molar-refractivity contribution in [3.63, 3.8) is 0 Å². The molecule has 0 aromatic rings. The number of carbonyl (C=O) groups is 3. The van der Waals surface area contributed by atoms with Crippen LogP contribution in [0.2, 0.25) is 0 Å². The lowest BCUT2D eigenvalue weighted by molar-refractivity contribution is -0.136. The van der Waals surface area contributed by atoms with E-state index in [1.807, 2.05) is 0 Å². The molecular formula is C11H19N3O3. The monoisotopic (exact) mass is 241 g/mol. The summed E-state index contributed by atoms with van der Waals surface area (Å²) >= 11 is 0. The lowest BCUT2D eigenvalue weighted by atomic mass is 10.1. The van der Waals surface area contributed by atoms with Crippen LogP contribution in [0.4, 0.5) is 0 Å². The quantitative estimate of drug-likeness (QED) is 0.616. The molecule has 1 aliphatic rings. The summed E-state index contributed by atoms with van der Waals surface area (Å²) in [6, 6.07) is 0. The number of nitrogens with two attached hydrogens (primary N) is 1. The number of carbonyl (C=O) groups excluding carboxylic acids is 3. The van der Waals surface area contributed by atoms with Gasteiger partial charge >= 0.3 is 0 Å². The normalized spacial score (nSPS) is 18.9. The molecule has 96 valence electrons. The summed E-state index contributed by atoms with van der Waals surface area (Å²) in [6.07, 6.45) is 1.04. The van der Waals surface area contributed by atoms with Gasteiger partial charge in [-0.3, -0.25) is 14.4 Å². The highest BCUT2D eigenvalue weighted by Gasteiger charge is 2.28. The van der Waals surface area contributed by atoms with E-state index >= 15 is 0 Å². The highest BCUT2D eigenvalue weighted by atomic mass is 16.2. The summed E-state index contributed by atoms with van der Waals surface area (Å²) < 4.78 is 0. The molecule has 1 aliphatic heterocycles. The SMILES string of the molecule is CCC(=O)N(CC(=O)CN)CC1CCNC1=O.